The van der Waals surface area contributed by atoms with Gasteiger partial charge in [0.2, 0.25) is 0 Å². The van der Waals surface area contributed by atoms with Crippen LogP contribution in [0.15, 0.2) is 12.4 Å². The summed E-state index contributed by atoms with van der Waals surface area (Å²) in [6, 6.07) is 1.82. The number of anilines is 1. The Morgan fingerprint density at radius 2 is 2.27 bits per heavy atom. The van der Waals surface area contributed by atoms with E-state index in [2.05, 4.69) is 26.1 Å². The summed E-state index contributed by atoms with van der Waals surface area (Å²) in [6.45, 7) is 7.11. The lowest BCUT2D eigenvalue weighted by molar-refractivity contribution is 0.0500. The second-order valence-corrected chi connectivity index (χ2v) is 6.34. The Labute approximate surface area is 131 Å². The highest BCUT2D eigenvalue weighted by molar-refractivity contribution is 5.68. The van der Waals surface area contributed by atoms with E-state index in [-0.39, 0.29) is 12.1 Å². The van der Waals surface area contributed by atoms with Gasteiger partial charge in [0.05, 0.1) is 0 Å². The molecule has 1 aromatic rings. The number of carbonyl (C=O) groups excluding carboxylic acids is 1. The summed E-state index contributed by atoms with van der Waals surface area (Å²) in [6.07, 6.45) is 8.34. The van der Waals surface area contributed by atoms with Crippen LogP contribution >= 0.6 is 0 Å². The summed E-state index contributed by atoms with van der Waals surface area (Å²) in [4.78, 5) is 22.2. The van der Waals surface area contributed by atoms with Crippen LogP contribution in [-0.4, -0.2) is 40.8 Å². The molecule has 1 atom stereocenters. The van der Waals surface area contributed by atoms with Crippen molar-refractivity contribution in [3.8, 4) is 12.3 Å². The van der Waals surface area contributed by atoms with Crippen LogP contribution < -0.4 is 10.2 Å². The Kier molecular flexibility index (Phi) is 4.86. The molecular weight excluding hydrogens is 280 g/mol. The molecule has 1 aromatic heterocycles. The van der Waals surface area contributed by atoms with E-state index >= 15 is 0 Å². The Bertz CT molecular complexity index is 574. The highest BCUT2D eigenvalue weighted by atomic mass is 16.6. The third-order valence-corrected chi connectivity index (χ3v) is 3.27. The molecule has 1 saturated heterocycles. The first-order chi connectivity index (χ1) is 10.4. The van der Waals surface area contributed by atoms with E-state index in [0.717, 1.165) is 25.2 Å². The number of terminal acetylenes is 1. The van der Waals surface area contributed by atoms with Gasteiger partial charge in [0.15, 0.2) is 0 Å². The predicted octanol–water partition coefficient (Wildman–Crippen LogP) is 1.95. The third kappa shape index (κ3) is 4.62. The number of hydrogen-bond donors (Lipinski definition) is 1. The molecule has 118 valence electrons. The zero-order valence-corrected chi connectivity index (χ0v) is 13.3. The van der Waals surface area contributed by atoms with E-state index in [9.17, 15) is 4.79 Å². The Balaban J connectivity index is 1.97. The lowest BCUT2D eigenvalue weighted by Crippen LogP contribution is -2.49. The van der Waals surface area contributed by atoms with Crippen LogP contribution in [0.4, 0.5) is 10.6 Å². The van der Waals surface area contributed by atoms with E-state index in [0.29, 0.717) is 12.2 Å². The Morgan fingerprint density at radius 3 is 2.95 bits per heavy atom. The number of carbonyl (C=O) groups is 1. The first-order valence-electron chi connectivity index (χ1n) is 7.40. The minimum absolute atomic E-state index is 0.0350. The third-order valence-electron chi connectivity index (χ3n) is 3.27. The number of ether oxygens (including phenoxy) is 1. The molecule has 22 heavy (non-hydrogen) atoms. The Hall–Kier alpha value is -2.29. The number of aromatic nitrogens is 2. The van der Waals surface area contributed by atoms with Crippen molar-refractivity contribution in [3.05, 3.63) is 18.1 Å². The van der Waals surface area contributed by atoms with E-state index < -0.39 is 5.60 Å². The largest absolute Gasteiger partial charge is 0.444 e. The van der Waals surface area contributed by atoms with Gasteiger partial charge in [-0.15, -0.1) is 6.42 Å². The second-order valence-electron chi connectivity index (χ2n) is 6.34. The number of nitrogens with zero attached hydrogens (tertiary/aromatic N) is 3. The topological polar surface area (TPSA) is 67.4 Å². The summed E-state index contributed by atoms with van der Waals surface area (Å²) in [5.41, 5.74) is 0.0690. The molecule has 0 aromatic carbocycles. The molecule has 1 unspecified atom stereocenters. The SMILES string of the molecule is C#Cc1cc(N2CCCC(NC(=O)OC(C)(C)C)C2)ncn1. The number of amides is 1. The maximum Gasteiger partial charge on any atom is 0.407 e. The standard InChI is InChI=1S/C16H22N4O2/c1-5-12-9-14(18-11-17-12)20-8-6-7-13(10-20)19-15(21)22-16(2,3)4/h1,9,11,13H,6-8,10H2,2-4H3,(H,19,21). The van der Waals surface area contributed by atoms with Crippen molar-refractivity contribution >= 4 is 11.9 Å². The fourth-order valence-corrected chi connectivity index (χ4v) is 2.38. The van der Waals surface area contributed by atoms with Gasteiger partial charge in [0, 0.05) is 25.2 Å². The zero-order chi connectivity index (χ0) is 16.2. The predicted molar refractivity (Wildman–Crippen MR) is 84.6 cm³/mol. The van der Waals surface area contributed by atoms with Crippen molar-refractivity contribution in [3.63, 3.8) is 0 Å². The van der Waals surface area contributed by atoms with Gasteiger partial charge in [-0.25, -0.2) is 14.8 Å². The van der Waals surface area contributed by atoms with Crippen LogP contribution in [0.5, 0.6) is 0 Å². The fraction of sp³-hybridized carbons (Fsp3) is 0.562. The maximum atomic E-state index is 11.9. The number of rotatable bonds is 2. The number of nitrogens with one attached hydrogen (secondary N) is 1. The molecule has 0 spiro atoms. The quantitative estimate of drug-likeness (QED) is 0.846. The number of alkyl carbamates (subject to hydrolysis) is 1. The summed E-state index contributed by atoms with van der Waals surface area (Å²) < 4.78 is 5.30. The average Bonchev–Trinajstić information content (AvgIpc) is 2.45. The molecule has 6 heteroatoms. The van der Waals surface area contributed by atoms with E-state index in [1.54, 1.807) is 6.07 Å². The molecule has 6 nitrogen and oxygen atoms in total. The smallest absolute Gasteiger partial charge is 0.407 e. The van der Waals surface area contributed by atoms with E-state index in [1.807, 2.05) is 20.8 Å². The minimum Gasteiger partial charge on any atom is -0.444 e. The summed E-state index contributed by atoms with van der Waals surface area (Å²) >= 11 is 0. The molecule has 2 heterocycles. The summed E-state index contributed by atoms with van der Waals surface area (Å²) in [5, 5.41) is 2.92. The minimum atomic E-state index is -0.493. The van der Waals surface area contributed by atoms with Crippen molar-refractivity contribution in [1.29, 1.82) is 0 Å². The lowest BCUT2D eigenvalue weighted by atomic mass is 10.1. The van der Waals surface area contributed by atoms with Crippen LogP contribution in [-0.2, 0) is 4.74 Å². The molecule has 1 fully saturated rings. The summed E-state index contributed by atoms with van der Waals surface area (Å²) in [5.74, 6) is 3.30. The van der Waals surface area contributed by atoms with Gasteiger partial charge in [-0.2, -0.15) is 0 Å². The van der Waals surface area contributed by atoms with Crippen LogP contribution in [0.2, 0.25) is 0 Å². The van der Waals surface area contributed by atoms with Gasteiger partial charge in [-0.05, 0) is 33.6 Å². The van der Waals surface area contributed by atoms with Gasteiger partial charge in [-0.3, -0.25) is 0 Å². The van der Waals surface area contributed by atoms with Crippen LogP contribution in [0.25, 0.3) is 0 Å². The van der Waals surface area contributed by atoms with Gasteiger partial charge in [0.1, 0.15) is 23.4 Å². The van der Waals surface area contributed by atoms with Crippen molar-refractivity contribution in [1.82, 2.24) is 15.3 Å². The normalized spacial score (nSPS) is 18.5. The molecule has 1 amide bonds. The lowest BCUT2D eigenvalue weighted by Gasteiger charge is -2.34. The van der Waals surface area contributed by atoms with Crippen molar-refractivity contribution < 1.29 is 9.53 Å². The highest BCUT2D eigenvalue weighted by Crippen LogP contribution is 2.18. The number of hydrogen-bond acceptors (Lipinski definition) is 5. The molecule has 0 aliphatic carbocycles. The maximum absolute atomic E-state index is 11.9. The van der Waals surface area contributed by atoms with Gasteiger partial charge >= 0.3 is 6.09 Å². The first kappa shape index (κ1) is 16.1. The second kappa shape index (κ2) is 6.65. The van der Waals surface area contributed by atoms with Gasteiger partial charge in [0.25, 0.3) is 0 Å². The average molecular weight is 302 g/mol. The van der Waals surface area contributed by atoms with E-state index in [4.69, 9.17) is 11.2 Å². The molecule has 2 rings (SSSR count). The summed E-state index contributed by atoms with van der Waals surface area (Å²) in [7, 11) is 0. The highest BCUT2D eigenvalue weighted by Gasteiger charge is 2.24. The van der Waals surface area contributed by atoms with E-state index in [1.165, 1.54) is 6.33 Å². The van der Waals surface area contributed by atoms with Crippen molar-refractivity contribution in [2.75, 3.05) is 18.0 Å². The molecule has 1 aliphatic heterocycles. The van der Waals surface area contributed by atoms with Crippen LogP contribution in [0, 0.1) is 12.3 Å². The zero-order valence-electron chi connectivity index (χ0n) is 13.3. The van der Waals surface area contributed by atoms with Crippen LogP contribution in [0.3, 0.4) is 0 Å². The molecular formula is C16H22N4O2. The number of piperidine rings is 1. The molecule has 0 saturated carbocycles. The van der Waals surface area contributed by atoms with Crippen molar-refractivity contribution in [2.45, 2.75) is 45.3 Å². The molecule has 0 radical (unpaired) electrons. The van der Waals surface area contributed by atoms with Crippen molar-refractivity contribution in [2.24, 2.45) is 0 Å². The van der Waals surface area contributed by atoms with Gasteiger partial charge < -0.3 is 15.0 Å². The monoisotopic (exact) mass is 302 g/mol. The van der Waals surface area contributed by atoms with Crippen LogP contribution in [0.1, 0.15) is 39.3 Å². The Morgan fingerprint density at radius 1 is 1.50 bits per heavy atom. The fourth-order valence-electron chi connectivity index (χ4n) is 2.38. The van der Waals surface area contributed by atoms with Gasteiger partial charge in [-0.1, -0.05) is 5.92 Å². The molecule has 1 N–H and O–H groups in total. The molecule has 1 aliphatic rings. The first-order valence-corrected chi connectivity index (χ1v) is 7.40. The molecule has 0 bridgehead atoms.